The third-order valence-electron chi connectivity index (χ3n) is 6.74. The van der Waals surface area contributed by atoms with Crippen molar-refractivity contribution in [1.82, 2.24) is 4.90 Å². The van der Waals surface area contributed by atoms with E-state index in [9.17, 15) is 5.11 Å². The average molecular weight is 485 g/mol. The first kappa shape index (κ1) is 29.0. The molecule has 2 aromatic carbocycles. The summed E-state index contributed by atoms with van der Waals surface area (Å²) >= 11 is 0. The molecule has 0 radical (unpaired) electrons. The van der Waals surface area contributed by atoms with E-state index in [1.54, 1.807) is 0 Å². The van der Waals surface area contributed by atoms with Crippen LogP contribution >= 0.6 is 0 Å². The molecule has 2 atom stereocenters. The second-order valence-corrected chi connectivity index (χ2v) is 9.81. The van der Waals surface area contributed by atoms with Gasteiger partial charge in [-0.2, -0.15) is 0 Å². The highest BCUT2D eigenvalue weighted by Crippen LogP contribution is 2.41. The standard InChI is InChI=1S/C27H38N2O3.C2H6.CH4/c1-5-20-6-8-22(9-7-20)29(18-19(2)3)32-23-10-11-26-24(16-23)25(30)17-27(31-26)21-12-14-28(4)15-13-21;1-2;/h6-11,16,19,21,25,27,30H,5,12-15,17-18H2,1-4H3;1-2H3;1H4. The third-order valence-corrected chi connectivity index (χ3v) is 6.74. The summed E-state index contributed by atoms with van der Waals surface area (Å²) in [5.41, 5.74) is 3.18. The Kier molecular flexibility index (Phi) is 11.4. The number of fused-ring (bicyclic) bond motifs is 1. The summed E-state index contributed by atoms with van der Waals surface area (Å²) in [7, 11) is 2.17. The van der Waals surface area contributed by atoms with Crippen LogP contribution in [0.15, 0.2) is 42.5 Å². The molecule has 0 aliphatic carbocycles. The zero-order chi connectivity index (χ0) is 24.7. The number of aliphatic hydroxyl groups excluding tert-OH is 1. The molecule has 0 aromatic heterocycles. The van der Waals surface area contributed by atoms with Gasteiger partial charge in [0, 0.05) is 12.0 Å². The Morgan fingerprint density at radius 1 is 1.09 bits per heavy atom. The molecule has 5 heteroatoms. The van der Waals surface area contributed by atoms with Gasteiger partial charge in [-0.25, -0.2) is 5.06 Å². The normalized spacial score (nSPS) is 20.1. The molecule has 2 heterocycles. The molecule has 1 N–H and O–H groups in total. The second-order valence-electron chi connectivity index (χ2n) is 9.81. The van der Waals surface area contributed by atoms with Gasteiger partial charge < -0.3 is 19.6 Å². The van der Waals surface area contributed by atoms with E-state index in [1.165, 1.54) is 5.56 Å². The third kappa shape index (κ3) is 7.62. The monoisotopic (exact) mass is 484 g/mol. The fourth-order valence-electron chi connectivity index (χ4n) is 4.75. The molecule has 2 unspecified atom stereocenters. The lowest BCUT2D eigenvalue weighted by Gasteiger charge is -2.38. The Morgan fingerprint density at radius 2 is 1.74 bits per heavy atom. The van der Waals surface area contributed by atoms with Crippen LogP contribution in [0.4, 0.5) is 5.69 Å². The summed E-state index contributed by atoms with van der Waals surface area (Å²) in [6, 6.07) is 14.4. The van der Waals surface area contributed by atoms with Crippen LogP contribution in [0.25, 0.3) is 0 Å². The van der Waals surface area contributed by atoms with Crippen molar-refractivity contribution in [3.8, 4) is 11.5 Å². The fraction of sp³-hybridized carbons (Fsp3) is 0.600. The van der Waals surface area contributed by atoms with E-state index in [2.05, 4.69) is 57.0 Å². The van der Waals surface area contributed by atoms with Gasteiger partial charge in [0.25, 0.3) is 0 Å². The fourth-order valence-corrected chi connectivity index (χ4v) is 4.75. The van der Waals surface area contributed by atoms with Crippen molar-refractivity contribution in [2.75, 3.05) is 31.7 Å². The number of likely N-dealkylation sites (tertiary alicyclic amines) is 1. The van der Waals surface area contributed by atoms with Crippen molar-refractivity contribution >= 4 is 5.69 Å². The maximum Gasteiger partial charge on any atom is 0.155 e. The van der Waals surface area contributed by atoms with Gasteiger partial charge in [-0.3, -0.25) is 0 Å². The van der Waals surface area contributed by atoms with E-state index in [1.807, 2.05) is 37.1 Å². The highest BCUT2D eigenvalue weighted by molar-refractivity contribution is 5.48. The van der Waals surface area contributed by atoms with Crippen LogP contribution in [0, 0.1) is 11.8 Å². The van der Waals surface area contributed by atoms with E-state index < -0.39 is 6.10 Å². The van der Waals surface area contributed by atoms with Crippen LogP contribution in [0.1, 0.15) is 78.5 Å². The van der Waals surface area contributed by atoms with E-state index >= 15 is 0 Å². The highest BCUT2D eigenvalue weighted by atomic mass is 16.7. The van der Waals surface area contributed by atoms with E-state index in [-0.39, 0.29) is 13.5 Å². The minimum Gasteiger partial charge on any atom is -0.490 e. The zero-order valence-electron chi connectivity index (χ0n) is 22.0. The molecule has 35 heavy (non-hydrogen) atoms. The molecule has 0 amide bonds. The van der Waals surface area contributed by atoms with Crippen molar-refractivity contribution in [3.63, 3.8) is 0 Å². The number of aliphatic hydroxyl groups is 1. The number of piperidine rings is 1. The molecule has 1 fully saturated rings. The Hall–Kier alpha value is -2.24. The highest BCUT2D eigenvalue weighted by Gasteiger charge is 2.34. The summed E-state index contributed by atoms with van der Waals surface area (Å²) in [4.78, 5) is 8.68. The molecule has 2 aliphatic rings. The average Bonchev–Trinajstić information content (AvgIpc) is 2.85. The van der Waals surface area contributed by atoms with E-state index in [0.29, 0.717) is 18.3 Å². The van der Waals surface area contributed by atoms with Crippen molar-refractivity contribution < 1.29 is 14.7 Å². The number of aryl methyl sites for hydroxylation is 1. The number of hydrogen-bond donors (Lipinski definition) is 1. The summed E-state index contributed by atoms with van der Waals surface area (Å²) < 4.78 is 6.36. The van der Waals surface area contributed by atoms with Gasteiger partial charge in [0.1, 0.15) is 11.9 Å². The number of hydroxylamine groups is 1. The Bertz CT molecular complexity index is 876. The van der Waals surface area contributed by atoms with Crippen molar-refractivity contribution in [2.24, 2.45) is 11.8 Å². The Morgan fingerprint density at radius 3 is 2.34 bits per heavy atom. The van der Waals surface area contributed by atoms with Gasteiger partial charge in [-0.05, 0) is 87.1 Å². The van der Waals surface area contributed by atoms with Gasteiger partial charge in [-0.15, -0.1) is 0 Å². The Balaban J connectivity index is 0.00000140. The molecule has 1 saturated heterocycles. The van der Waals surface area contributed by atoms with Crippen LogP contribution in [-0.4, -0.2) is 42.8 Å². The van der Waals surface area contributed by atoms with Crippen LogP contribution < -0.4 is 14.6 Å². The SMILES string of the molecule is C.CC.CCc1ccc(N(CC(C)C)Oc2ccc3c(c2)C(O)CC(C2CCN(C)CC2)O3)cc1. The van der Waals surface area contributed by atoms with Crippen molar-refractivity contribution in [2.45, 2.75) is 79.9 Å². The lowest BCUT2D eigenvalue weighted by Crippen LogP contribution is -2.40. The van der Waals surface area contributed by atoms with Gasteiger partial charge in [0.05, 0.1) is 18.3 Å². The topological polar surface area (TPSA) is 45.2 Å². The second kappa shape index (κ2) is 13.7. The number of anilines is 1. The number of hydrogen-bond acceptors (Lipinski definition) is 5. The summed E-state index contributed by atoms with van der Waals surface area (Å²) in [6.45, 7) is 13.5. The Labute approximate surface area is 214 Å². The molecular formula is C30H48N2O3. The molecule has 2 aliphatic heterocycles. The van der Waals surface area contributed by atoms with Crippen LogP contribution in [0.2, 0.25) is 0 Å². The molecule has 196 valence electrons. The first-order valence-corrected chi connectivity index (χ1v) is 13.1. The molecule has 4 rings (SSSR count). The number of benzene rings is 2. The van der Waals surface area contributed by atoms with Crippen molar-refractivity contribution in [1.29, 1.82) is 0 Å². The van der Waals surface area contributed by atoms with E-state index in [4.69, 9.17) is 9.57 Å². The minimum atomic E-state index is -0.519. The predicted octanol–water partition coefficient (Wildman–Crippen LogP) is 6.89. The summed E-state index contributed by atoms with van der Waals surface area (Å²) in [5.74, 6) is 2.48. The lowest BCUT2D eigenvalue weighted by molar-refractivity contribution is 0.0154. The van der Waals surface area contributed by atoms with E-state index in [0.717, 1.165) is 61.6 Å². The predicted molar refractivity (Wildman–Crippen MR) is 147 cm³/mol. The first-order chi connectivity index (χ1) is 16.4. The summed E-state index contributed by atoms with van der Waals surface area (Å²) in [5, 5.41) is 12.9. The maximum absolute atomic E-state index is 10.9. The zero-order valence-corrected chi connectivity index (χ0v) is 22.0. The number of ether oxygens (including phenoxy) is 1. The molecular weight excluding hydrogens is 436 g/mol. The van der Waals surface area contributed by atoms with Gasteiger partial charge in [0.15, 0.2) is 5.75 Å². The van der Waals surface area contributed by atoms with Crippen LogP contribution in [0.5, 0.6) is 11.5 Å². The lowest BCUT2D eigenvalue weighted by atomic mass is 9.85. The number of rotatable bonds is 7. The molecule has 2 aromatic rings. The van der Waals surface area contributed by atoms with Gasteiger partial charge >= 0.3 is 0 Å². The van der Waals surface area contributed by atoms with Crippen LogP contribution in [0.3, 0.4) is 0 Å². The molecule has 0 saturated carbocycles. The quantitative estimate of drug-likeness (QED) is 0.433. The molecule has 0 spiro atoms. The van der Waals surface area contributed by atoms with Crippen molar-refractivity contribution in [3.05, 3.63) is 53.6 Å². The van der Waals surface area contributed by atoms with Gasteiger partial charge in [0.2, 0.25) is 0 Å². The largest absolute Gasteiger partial charge is 0.490 e. The van der Waals surface area contributed by atoms with Crippen LogP contribution in [-0.2, 0) is 6.42 Å². The smallest absolute Gasteiger partial charge is 0.155 e. The maximum atomic E-state index is 10.9. The molecule has 0 bridgehead atoms. The summed E-state index contributed by atoms with van der Waals surface area (Å²) in [6.07, 6.45) is 3.50. The first-order valence-electron chi connectivity index (χ1n) is 13.1. The minimum absolute atomic E-state index is 0. The van der Waals surface area contributed by atoms with Gasteiger partial charge in [-0.1, -0.05) is 54.2 Å². The molecule has 5 nitrogen and oxygen atoms in total. The number of nitrogens with zero attached hydrogens (tertiary/aromatic N) is 2.